The Labute approximate surface area is 136 Å². The molecule has 3 amide bonds. The molecule has 0 spiro atoms. The van der Waals surface area contributed by atoms with Gasteiger partial charge < -0.3 is 20.9 Å². The van der Waals surface area contributed by atoms with Crippen LogP contribution in [0.1, 0.15) is 39.0 Å². The Balaban J connectivity index is 1.76. The lowest BCUT2D eigenvalue weighted by Gasteiger charge is -2.33. The molecule has 0 aromatic carbocycles. The maximum absolute atomic E-state index is 13.0. The number of likely N-dealkylation sites (tertiary alicyclic amines) is 2. The molecule has 3 rings (SSSR count). The number of carbonyl (C=O) groups is 3. The van der Waals surface area contributed by atoms with E-state index in [0.717, 1.165) is 32.2 Å². The molecule has 3 N–H and O–H groups in total. The number of rotatable bonds is 3. The number of hydrogen-bond acceptors (Lipinski definition) is 4. The van der Waals surface area contributed by atoms with Gasteiger partial charge in [0.15, 0.2) is 0 Å². The van der Waals surface area contributed by atoms with Crippen LogP contribution in [-0.2, 0) is 14.4 Å². The van der Waals surface area contributed by atoms with E-state index in [1.54, 1.807) is 9.80 Å². The fraction of sp³-hybridized carbons (Fsp3) is 0.812. The van der Waals surface area contributed by atoms with Crippen molar-refractivity contribution >= 4 is 17.7 Å². The van der Waals surface area contributed by atoms with Crippen molar-refractivity contribution in [2.45, 2.75) is 57.2 Å². The predicted molar refractivity (Wildman–Crippen MR) is 84.2 cm³/mol. The molecule has 23 heavy (non-hydrogen) atoms. The van der Waals surface area contributed by atoms with Crippen molar-refractivity contribution in [2.75, 3.05) is 19.6 Å². The van der Waals surface area contributed by atoms with Crippen LogP contribution in [0.4, 0.5) is 0 Å². The van der Waals surface area contributed by atoms with Gasteiger partial charge in [-0.15, -0.1) is 0 Å². The normalized spacial score (nSPS) is 34.1. The van der Waals surface area contributed by atoms with Crippen LogP contribution in [0.25, 0.3) is 0 Å². The molecule has 3 heterocycles. The van der Waals surface area contributed by atoms with Gasteiger partial charge in [-0.25, -0.2) is 0 Å². The zero-order valence-corrected chi connectivity index (χ0v) is 13.7. The summed E-state index contributed by atoms with van der Waals surface area (Å²) < 4.78 is 0. The van der Waals surface area contributed by atoms with Crippen LogP contribution in [0.5, 0.6) is 0 Å². The minimum absolute atomic E-state index is 0.0278. The van der Waals surface area contributed by atoms with E-state index in [1.165, 1.54) is 0 Å². The van der Waals surface area contributed by atoms with E-state index in [4.69, 9.17) is 5.73 Å². The summed E-state index contributed by atoms with van der Waals surface area (Å²) >= 11 is 0. The zero-order chi connectivity index (χ0) is 16.6. The van der Waals surface area contributed by atoms with Gasteiger partial charge in [0.25, 0.3) is 0 Å². The van der Waals surface area contributed by atoms with E-state index < -0.39 is 18.0 Å². The van der Waals surface area contributed by atoms with Crippen molar-refractivity contribution < 1.29 is 14.4 Å². The highest BCUT2D eigenvalue weighted by Crippen LogP contribution is 2.29. The van der Waals surface area contributed by atoms with Gasteiger partial charge in [-0.2, -0.15) is 0 Å². The first-order valence-electron chi connectivity index (χ1n) is 8.64. The molecule has 0 aromatic rings. The summed E-state index contributed by atoms with van der Waals surface area (Å²) in [7, 11) is 0. The van der Waals surface area contributed by atoms with Crippen molar-refractivity contribution in [3.8, 4) is 0 Å². The Morgan fingerprint density at radius 1 is 1.00 bits per heavy atom. The molecule has 0 radical (unpaired) electrons. The molecule has 3 fully saturated rings. The summed E-state index contributed by atoms with van der Waals surface area (Å²) in [5, 5.41) is 3.21. The molecular formula is C16H26N4O3. The molecule has 3 aliphatic rings. The lowest BCUT2D eigenvalue weighted by molar-refractivity contribution is -0.147. The quantitative estimate of drug-likeness (QED) is 0.729. The van der Waals surface area contributed by atoms with Crippen molar-refractivity contribution in [2.24, 2.45) is 11.7 Å². The maximum Gasteiger partial charge on any atom is 0.246 e. The average Bonchev–Trinajstić information content (AvgIpc) is 3.26. The Bertz CT molecular complexity index is 504. The lowest BCUT2D eigenvalue weighted by atomic mass is 10.0. The monoisotopic (exact) mass is 322 g/mol. The van der Waals surface area contributed by atoms with Crippen LogP contribution in [-0.4, -0.2) is 65.3 Å². The summed E-state index contributed by atoms with van der Waals surface area (Å²) in [5.41, 5.74) is 5.43. The van der Waals surface area contributed by atoms with Gasteiger partial charge in [0.05, 0.1) is 6.04 Å². The van der Waals surface area contributed by atoms with Crippen molar-refractivity contribution in [1.29, 1.82) is 0 Å². The van der Waals surface area contributed by atoms with Crippen LogP contribution in [0.3, 0.4) is 0 Å². The summed E-state index contributed by atoms with van der Waals surface area (Å²) in [6, 6.07) is -1.14. The van der Waals surface area contributed by atoms with Gasteiger partial charge in [-0.05, 0) is 44.6 Å². The lowest BCUT2D eigenvalue weighted by Crippen LogP contribution is -2.55. The summed E-state index contributed by atoms with van der Waals surface area (Å²) in [6.07, 6.45) is 4.06. The van der Waals surface area contributed by atoms with E-state index in [2.05, 4.69) is 5.32 Å². The highest BCUT2D eigenvalue weighted by atomic mass is 16.2. The van der Waals surface area contributed by atoms with E-state index in [9.17, 15) is 14.4 Å². The minimum atomic E-state index is -0.517. The molecule has 0 bridgehead atoms. The van der Waals surface area contributed by atoms with Crippen LogP contribution >= 0.6 is 0 Å². The van der Waals surface area contributed by atoms with Gasteiger partial charge in [-0.3, -0.25) is 14.4 Å². The summed E-state index contributed by atoms with van der Waals surface area (Å²) in [5.74, 6) is -0.415. The van der Waals surface area contributed by atoms with Gasteiger partial charge >= 0.3 is 0 Å². The Hall–Kier alpha value is -1.63. The third-order valence-electron chi connectivity index (χ3n) is 5.46. The SMILES string of the molecule is C[C@H]1CCN(C(=O)[C@@H]2CCCN2)[C@@H]1C(=O)N1CCC[C@@H]1C(N)=O. The summed E-state index contributed by atoms with van der Waals surface area (Å²) in [4.78, 5) is 40.6. The number of carbonyl (C=O) groups excluding carboxylic acids is 3. The number of hydrogen-bond donors (Lipinski definition) is 2. The Morgan fingerprint density at radius 3 is 2.43 bits per heavy atom. The fourth-order valence-electron chi connectivity index (χ4n) is 4.16. The fourth-order valence-corrected chi connectivity index (χ4v) is 4.16. The first-order chi connectivity index (χ1) is 11.0. The largest absolute Gasteiger partial charge is 0.368 e. The molecule has 3 aliphatic heterocycles. The molecule has 3 saturated heterocycles. The molecule has 4 atom stereocenters. The molecule has 0 unspecified atom stereocenters. The van der Waals surface area contributed by atoms with E-state index in [-0.39, 0.29) is 23.8 Å². The van der Waals surface area contributed by atoms with Gasteiger partial charge in [0.2, 0.25) is 17.7 Å². The maximum atomic E-state index is 13.0. The predicted octanol–water partition coefficient (Wildman–Crippen LogP) is -0.548. The second kappa shape index (κ2) is 6.47. The minimum Gasteiger partial charge on any atom is -0.368 e. The number of nitrogens with one attached hydrogen (secondary N) is 1. The average molecular weight is 322 g/mol. The molecule has 0 aromatic heterocycles. The highest BCUT2D eigenvalue weighted by molar-refractivity contribution is 5.93. The van der Waals surface area contributed by atoms with Crippen LogP contribution in [0.2, 0.25) is 0 Å². The number of nitrogens with zero attached hydrogens (tertiary/aromatic N) is 2. The van der Waals surface area contributed by atoms with Crippen molar-refractivity contribution in [1.82, 2.24) is 15.1 Å². The van der Waals surface area contributed by atoms with Crippen molar-refractivity contribution in [3.63, 3.8) is 0 Å². The number of amides is 3. The molecule has 0 aliphatic carbocycles. The first kappa shape index (κ1) is 16.2. The third-order valence-corrected chi connectivity index (χ3v) is 5.46. The van der Waals surface area contributed by atoms with Gasteiger partial charge in [0.1, 0.15) is 12.1 Å². The van der Waals surface area contributed by atoms with Crippen LogP contribution in [0, 0.1) is 5.92 Å². The third kappa shape index (κ3) is 2.94. The molecule has 7 nitrogen and oxygen atoms in total. The van der Waals surface area contributed by atoms with Gasteiger partial charge in [-0.1, -0.05) is 6.92 Å². The van der Waals surface area contributed by atoms with Crippen LogP contribution < -0.4 is 11.1 Å². The standard InChI is InChI=1S/C16H26N4O3/c1-10-6-9-20(15(22)11-4-2-7-18-11)13(10)16(23)19-8-3-5-12(19)14(17)21/h10-13,18H,2-9H2,1H3,(H2,17,21)/t10-,11-,12+,13-/m0/s1. The molecule has 128 valence electrons. The number of nitrogens with two attached hydrogens (primary N) is 1. The van der Waals surface area contributed by atoms with Crippen molar-refractivity contribution in [3.05, 3.63) is 0 Å². The molecule has 7 heteroatoms. The smallest absolute Gasteiger partial charge is 0.246 e. The Morgan fingerprint density at radius 2 is 1.78 bits per heavy atom. The molecular weight excluding hydrogens is 296 g/mol. The second-order valence-corrected chi connectivity index (χ2v) is 6.98. The molecule has 0 saturated carbocycles. The van der Waals surface area contributed by atoms with Crippen LogP contribution in [0.15, 0.2) is 0 Å². The topological polar surface area (TPSA) is 95.7 Å². The second-order valence-electron chi connectivity index (χ2n) is 6.98. The van der Waals surface area contributed by atoms with E-state index in [1.807, 2.05) is 6.92 Å². The Kier molecular flexibility index (Phi) is 4.57. The highest BCUT2D eigenvalue weighted by Gasteiger charge is 2.46. The van der Waals surface area contributed by atoms with E-state index in [0.29, 0.717) is 19.5 Å². The summed E-state index contributed by atoms with van der Waals surface area (Å²) in [6.45, 7) is 4.03. The van der Waals surface area contributed by atoms with Gasteiger partial charge in [0, 0.05) is 13.1 Å². The number of primary amides is 1. The first-order valence-corrected chi connectivity index (χ1v) is 8.64. The zero-order valence-electron chi connectivity index (χ0n) is 13.7. The van der Waals surface area contributed by atoms with E-state index >= 15 is 0 Å².